The molecule has 1 aromatic carbocycles. The first-order valence-electron chi connectivity index (χ1n) is 6.36. The highest BCUT2D eigenvalue weighted by Gasteiger charge is 2.27. The summed E-state index contributed by atoms with van der Waals surface area (Å²) >= 11 is 0. The van der Waals surface area contributed by atoms with E-state index in [1.807, 2.05) is 32.0 Å². The maximum absolute atomic E-state index is 12.2. The SMILES string of the molecule is CC=Nc1cccc2c1/C(=C/c1nc[nH]c1C)C(=O)N2. The Kier molecular flexibility index (Phi) is 2.95. The number of hydrogen-bond donors (Lipinski definition) is 2. The molecule has 0 radical (unpaired) electrons. The summed E-state index contributed by atoms with van der Waals surface area (Å²) in [5.41, 5.74) is 4.68. The number of aromatic nitrogens is 2. The Bertz CT molecular complexity index is 740. The van der Waals surface area contributed by atoms with E-state index >= 15 is 0 Å². The molecule has 1 aliphatic rings. The number of hydrogen-bond acceptors (Lipinski definition) is 3. The summed E-state index contributed by atoms with van der Waals surface area (Å²) in [6.07, 6.45) is 5.13. The second kappa shape index (κ2) is 4.77. The third-order valence-corrected chi connectivity index (χ3v) is 3.22. The molecule has 5 nitrogen and oxygen atoms in total. The number of anilines is 1. The van der Waals surface area contributed by atoms with E-state index in [-0.39, 0.29) is 5.91 Å². The lowest BCUT2D eigenvalue weighted by atomic mass is 10.0. The summed E-state index contributed by atoms with van der Waals surface area (Å²) < 4.78 is 0. The van der Waals surface area contributed by atoms with Gasteiger partial charge in [-0.25, -0.2) is 4.98 Å². The number of fused-ring (bicyclic) bond motifs is 1. The smallest absolute Gasteiger partial charge is 0.256 e. The zero-order valence-electron chi connectivity index (χ0n) is 11.3. The molecular weight excluding hydrogens is 252 g/mol. The van der Waals surface area contributed by atoms with Crippen molar-refractivity contribution in [3.05, 3.63) is 41.5 Å². The summed E-state index contributed by atoms with van der Waals surface area (Å²) in [4.78, 5) is 23.7. The summed E-state index contributed by atoms with van der Waals surface area (Å²) in [5.74, 6) is -0.124. The van der Waals surface area contributed by atoms with Gasteiger partial charge >= 0.3 is 0 Å². The summed E-state index contributed by atoms with van der Waals surface area (Å²) in [7, 11) is 0. The number of aryl methyl sites for hydroxylation is 1. The number of aromatic amines is 1. The van der Waals surface area contributed by atoms with Gasteiger partial charge in [0.1, 0.15) is 0 Å². The van der Waals surface area contributed by atoms with E-state index in [1.165, 1.54) is 0 Å². The van der Waals surface area contributed by atoms with Crippen molar-refractivity contribution in [3.8, 4) is 0 Å². The maximum Gasteiger partial charge on any atom is 0.256 e. The van der Waals surface area contributed by atoms with Crippen LogP contribution in [0, 0.1) is 6.92 Å². The summed E-state index contributed by atoms with van der Waals surface area (Å²) in [5, 5.41) is 2.86. The fourth-order valence-corrected chi connectivity index (χ4v) is 2.27. The van der Waals surface area contributed by atoms with Crippen LogP contribution in [0.4, 0.5) is 11.4 Å². The van der Waals surface area contributed by atoms with E-state index in [0.717, 1.165) is 28.3 Å². The molecule has 2 aromatic rings. The van der Waals surface area contributed by atoms with E-state index in [1.54, 1.807) is 18.6 Å². The molecule has 0 aliphatic carbocycles. The largest absolute Gasteiger partial charge is 0.348 e. The molecule has 5 heteroatoms. The molecule has 1 aliphatic heterocycles. The highest BCUT2D eigenvalue weighted by atomic mass is 16.2. The second-order valence-corrected chi connectivity index (χ2v) is 4.51. The lowest BCUT2D eigenvalue weighted by Crippen LogP contribution is -2.03. The molecular formula is C15H14N4O. The molecule has 0 atom stereocenters. The van der Waals surface area contributed by atoms with Gasteiger partial charge in [0.05, 0.1) is 29.0 Å². The van der Waals surface area contributed by atoms with E-state index in [0.29, 0.717) is 5.57 Å². The molecule has 3 rings (SSSR count). The van der Waals surface area contributed by atoms with Gasteiger partial charge < -0.3 is 10.3 Å². The van der Waals surface area contributed by atoms with Crippen molar-refractivity contribution >= 4 is 35.1 Å². The van der Waals surface area contributed by atoms with Gasteiger partial charge in [-0.2, -0.15) is 0 Å². The minimum atomic E-state index is -0.124. The topological polar surface area (TPSA) is 70.1 Å². The van der Waals surface area contributed by atoms with Crippen LogP contribution in [0.1, 0.15) is 23.9 Å². The van der Waals surface area contributed by atoms with Gasteiger partial charge in [0.2, 0.25) is 0 Å². The number of nitrogens with zero attached hydrogens (tertiary/aromatic N) is 2. The fourth-order valence-electron chi connectivity index (χ4n) is 2.27. The van der Waals surface area contributed by atoms with Crippen LogP contribution >= 0.6 is 0 Å². The Morgan fingerprint density at radius 3 is 2.90 bits per heavy atom. The standard InChI is InChI=1S/C15H14N4O/c1-3-16-11-5-4-6-12-14(11)10(15(20)19-12)7-13-9(2)17-8-18-13/h3-8H,1-2H3,(H,17,18)(H,19,20)/b10-7-,16-3?. The molecule has 0 saturated carbocycles. The molecule has 0 fully saturated rings. The molecule has 20 heavy (non-hydrogen) atoms. The van der Waals surface area contributed by atoms with Gasteiger partial charge in [-0.05, 0) is 32.1 Å². The van der Waals surface area contributed by atoms with Crippen molar-refractivity contribution in [1.29, 1.82) is 0 Å². The number of rotatable bonds is 2. The number of nitrogens with one attached hydrogen (secondary N) is 2. The van der Waals surface area contributed by atoms with Crippen LogP contribution in [0.15, 0.2) is 29.5 Å². The Morgan fingerprint density at radius 2 is 2.20 bits per heavy atom. The first-order valence-corrected chi connectivity index (χ1v) is 6.36. The van der Waals surface area contributed by atoms with Crippen LogP contribution in [0.25, 0.3) is 11.6 Å². The quantitative estimate of drug-likeness (QED) is 0.648. The first kappa shape index (κ1) is 12.3. The third-order valence-electron chi connectivity index (χ3n) is 3.22. The van der Waals surface area contributed by atoms with Crippen molar-refractivity contribution in [2.75, 3.05) is 5.32 Å². The fraction of sp³-hybridized carbons (Fsp3) is 0.133. The average Bonchev–Trinajstić information content (AvgIpc) is 2.96. The van der Waals surface area contributed by atoms with Crippen molar-refractivity contribution in [1.82, 2.24) is 9.97 Å². The van der Waals surface area contributed by atoms with E-state index in [2.05, 4.69) is 20.3 Å². The molecule has 2 heterocycles. The van der Waals surface area contributed by atoms with E-state index < -0.39 is 0 Å². The van der Waals surface area contributed by atoms with Gasteiger partial charge in [0, 0.05) is 17.5 Å². The third kappa shape index (κ3) is 1.93. The molecule has 0 bridgehead atoms. The minimum Gasteiger partial charge on any atom is -0.348 e. The molecule has 1 amide bonds. The number of imidazole rings is 1. The molecule has 0 unspecified atom stereocenters. The number of carbonyl (C=O) groups excluding carboxylic acids is 1. The highest BCUT2D eigenvalue weighted by molar-refractivity contribution is 6.36. The van der Waals surface area contributed by atoms with Crippen LogP contribution in [-0.4, -0.2) is 22.1 Å². The Hall–Kier alpha value is -2.69. The number of amides is 1. The minimum absolute atomic E-state index is 0.124. The Balaban J connectivity index is 2.19. The molecule has 0 spiro atoms. The maximum atomic E-state index is 12.2. The molecule has 2 N–H and O–H groups in total. The van der Waals surface area contributed by atoms with E-state index in [9.17, 15) is 4.79 Å². The monoisotopic (exact) mass is 266 g/mol. The number of benzene rings is 1. The van der Waals surface area contributed by atoms with Crippen molar-refractivity contribution in [2.24, 2.45) is 4.99 Å². The molecule has 0 saturated heterocycles. The lowest BCUT2D eigenvalue weighted by molar-refractivity contribution is -0.110. The number of aliphatic imine (C=N–C) groups is 1. The average molecular weight is 266 g/mol. The first-order chi connectivity index (χ1) is 9.70. The second-order valence-electron chi connectivity index (χ2n) is 4.51. The number of carbonyl (C=O) groups is 1. The summed E-state index contributed by atoms with van der Waals surface area (Å²) in [6, 6.07) is 5.65. The van der Waals surface area contributed by atoms with Gasteiger partial charge in [-0.1, -0.05) is 6.07 Å². The molecule has 1 aromatic heterocycles. The normalized spacial score (nSPS) is 15.9. The Morgan fingerprint density at radius 1 is 1.35 bits per heavy atom. The van der Waals surface area contributed by atoms with Crippen molar-refractivity contribution in [2.45, 2.75) is 13.8 Å². The highest BCUT2D eigenvalue weighted by Crippen LogP contribution is 2.39. The zero-order chi connectivity index (χ0) is 14.1. The number of H-pyrrole nitrogens is 1. The van der Waals surface area contributed by atoms with Crippen LogP contribution in [0.5, 0.6) is 0 Å². The van der Waals surface area contributed by atoms with Gasteiger partial charge in [-0.3, -0.25) is 9.79 Å². The van der Waals surface area contributed by atoms with Crippen molar-refractivity contribution < 1.29 is 4.79 Å². The van der Waals surface area contributed by atoms with Gasteiger partial charge in [-0.15, -0.1) is 0 Å². The van der Waals surface area contributed by atoms with Crippen LogP contribution in [0.3, 0.4) is 0 Å². The van der Waals surface area contributed by atoms with Crippen LogP contribution in [0.2, 0.25) is 0 Å². The van der Waals surface area contributed by atoms with E-state index in [4.69, 9.17) is 0 Å². The van der Waals surface area contributed by atoms with Gasteiger partial charge in [0.25, 0.3) is 5.91 Å². The summed E-state index contributed by atoms with van der Waals surface area (Å²) in [6.45, 7) is 3.77. The Labute approximate surface area is 116 Å². The predicted octanol–water partition coefficient (Wildman–Crippen LogP) is 2.93. The van der Waals surface area contributed by atoms with Crippen LogP contribution < -0.4 is 5.32 Å². The zero-order valence-corrected chi connectivity index (χ0v) is 11.3. The lowest BCUT2D eigenvalue weighted by Gasteiger charge is -2.02. The van der Waals surface area contributed by atoms with Crippen LogP contribution in [-0.2, 0) is 4.79 Å². The van der Waals surface area contributed by atoms with Gasteiger partial charge in [0.15, 0.2) is 0 Å². The predicted molar refractivity (Wildman–Crippen MR) is 80.1 cm³/mol. The van der Waals surface area contributed by atoms with Crippen molar-refractivity contribution in [3.63, 3.8) is 0 Å². The molecule has 100 valence electrons.